The lowest BCUT2D eigenvalue weighted by molar-refractivity contribution is 0.102. The van der Waals surface area contributed by atoms with Crippen molar-refractivity contribution in [1.82, 2.24) is 4.98 Å². The van der Waals surface area contributed by atoms with Crippen molar-refractivity contribution in [2.24, 2.45) is 0 Å². The summed E-state index contributed by atoms with van der Waals surface area (Å²) in [7, 11) is 0. The lowest BCUT2D eigenvalue weighted by Crippen LogP contribution is -2.13. The Morgan fingerprint density at radius 3 is 2.17 bits per heavy atom. The van der Waals surface area contributed by atoms with E-state index < -0.39 is 0 Å². The number of anilines is 3. The van der Waals surface area contributed by atoms with Gasteiger partial charge in [-0.2, -0.15) is 0 Å². The van der Waals surface area contributed by atoms with Gasteiger partial charge in [0.2, 0.25) is 0 Å². The number of nitrogens with zero attached hydrogens (tertiary/aromatic N) is 1. The molecule has 0 saturated heterocycles. The fourth-order valence-electron chi connectivity index (χ4n) is 2.13. The number of carbonyl (C=O) groups excluding carboxylic acids is 1. The summed E-state index contributed by atoms with van der Waals surface area (Å²) in [4.78, 5) is 16.4. The molecule has 0 saturated carbocycles. The Labute approximate surface area is 149 Å². The summed E-state index contributed by atoms with van der Waals surface area (Å²) in [6, 6.07) is 17.7. The zero-order valence-electron chi connectivity index (χ0n) is 12.5. The van der Waals surface area contributed by atoms with Crippen molar-refractivity contribution in [3.8, 4) is 0 Å². The van der Waals surface area contributed by atoms with Crippen LogP contribution in [-0.4, -0.2) is 10.9 Å². The van der Waals surface area contributed by atoms with Gasteiger partial charge >= 0.3 is 0 Å². The van der Waals surface area contributed by atoms with Gasteiger partial charge in [0.15, 0.2) is 0 Å². The molecule has 0 atom stereocenters. The molecule has 0 spiro atoms. The van der Waals surface area contributed by atoms with Crippen molar-refractivity contribution in [3.05, 3.63) is 82.6 Å². The van der Waals surface area contributed by atoms with Crippen LogP contribution in [0.2, 0.25) is 10.0 Å². The third kappa shape index (κ3) is 4.25. The number of amides is 1. The van der Waals surface area contributed by atoms with Gasteiger partial charge in [-0.15, -0.1) is 0 Å². The monoisotopic (exact) mass is 357 g/mol. The number of pyridine rings is 1. The van der Waals surface area contributed by atoms with Crippen LogP contribution in [0.1, 0.15) is 10.5 Å². The van der Waals surface area contributed by atoms with Gasteiger partial charge in [-0.3, -0.25) is 9.78 Å². The van der Waals surface area contributed by atoms with Gasteiger partial charge in [0.05, 0.1) is 0 Å². The molecule has 2 aromatic carbocycles. The Morgan fingerprint density at radius 1 is 0.833 bits per heavy atom. The predicted molar refractivity (Wildman–Crippen MR) is 98.4 cm³/mol. The summed E-state index contributed by atoms with van der Waals surface area (Å²) >= 11 is 11.9. The van der Waals surface area contributed by atoms with E-state index in [0.29, 0.717) is 21.4 Å². The second kappa shape index (κ2) is 7.34. The highest BCUT2D eigenvalue weighted by Crippen LogP contribution is 2.21. The van der Waals surface area contributed by atoms with Crippen LogP contribution in [0, 0.1) is 0 Å². The van der Waals surface area contributed by atoms with Crippen molar-refractivity contribution in [1.29, 1.82) is 0 Å². The van der Waals surface area contributed by atoms with Gasteiger partial charge in [0, 0.05) is 33.3 Å². The molecule has 0 fully saturated rings. The van der Waals surface area contributed by atoms with Gasteiger partial charge in [0.1, 0.15) is 5.69 Å². The van der Waals surface area contributed by atoms with Gasteiger partial charge in [-0.1, -0.05) is 35.3 Å². The average molecular weight is 358 g/mol. The second-order valence-electron chi connectivity index (χ2n) is 5.03. The molecule has 3 aromatic rings. The molecule has 6 heteroatoms. The molecule has 1 heterocycles. The normalized spacial score (nSPS) is 10.2. The van der Waals surface area contributed by atoms with Crippen molar-refractivity contribution >= 4 is 46.2 Å². The largest absolute Gasteiger partial charge is 0.355 e. The molecule has 2 N–H and O–H groups in total. The molecule has 0 aliphatic carbocycles. The minimum atomic E-state index is -0.313. The molecule has 0 aliphatic rings. The first-order chi connectivity index (χ1) is 11.6. The number of benzene rings is 2. The third-order valence-electron chi connectivity index (χ3n) is 3.19. The topological polar surface area (TPSA) is 54.0 Å². The van der Waals surface area contributed by atoms with Crippen LogP contribution < -0.4 is 10.6 Å². The van der Waals surface area contributed by atoms with Crippen LogP contribution in [0.3, 0.4) is 0 Å². The van der Waals surface area contributed by atoms with Crippen LogP contribution >= 0.6 is 23.2 Å². The molecule has 4 nitrogen and oxygen atoms in total. The van der Waals surface area contributed by atoms with Crippen molar-refractivity contribution in [3.63, 3.8) is 0 Å². The zero-order valence-corrected chi connectivity index (χ0v) is 14.0. The van der Waals surface area contributed by atoms with Crippen molar-refractivity contribution in [2.45, 2.75) is 0 Å². The first kappa shape index (κ1) is 16.3. The number of halogens is 2. The summed E-state index contributed by atoms with van der Waals surface area (Å²) in [5.74, 6) is -0.313. The fraction of sp³-hybridized carbons (Fsp3) is 0. The molecule has 1 aromatic heterocycles. The third-order valence-corrected chi connectivity index (χ3v) is 3.66. The lowest BCUT2D eigenvalue weighted by atomic mass is 10.2. The lowest BCUT2D eigenvalue weighted by Gasteiger charge is -2.09. The molecule has 3 rings (SSSR count). The molecular formula is C18H13Cl2N3O. The molecule has 1 amide bonds. The molecule has 0 unspecified atom stereocenters. The van der Waals surface area contributed by atoms with Crippen molar-refractivity contribution < 1.29 is 4.79 Å². The van der Waals surface area contributed by atoms with E-state index in [1.165, 1.54) is 0 Å². The second-order valence-corrected chi connectivity index (χ2v) is 5.90. The van der Waals surface area contributed by atoms with Crippen molar-refractivity contribution in [2.75, 3.05) is 10.6 Å². The molecule has 0 bridgehead atoms. The Bertz CT molecular complexity index is 883. The molecule has 120 valence electrons. The summed E-state index contributed by atoms with van der Waals surface area (Å²) in [6.45, 7) is 0. The Balaban J connectivity index is 1.76. The molecule has 0 radical (unpaired) electrons. The van der Waals surface area contributed by atoms with Gasteiger partial charge in [0.25, 0.3) is 5.91 Å². The van der Waals surface area contributed by atoms with E-state index in [1.807, 2.05) is 12.1 Å². The summed E-state index contributed by atoms with van der Waals surface area (Å²) in [6.07, 6.45) is 1.57. The van der Waals surface area contributed by atoms with Gasteiger partial charge in [-0.05, 0) is 48.5 Å². The van der Waals surface area contributed by atoms with Crippen LogP contribution in [-0.2, 0) is 0 Å². The van der Waals surface area contributed by atoms with Gasteiger partial charge in [-0.25, -0.2) is 0 Å². The first-order valence-corrected chi connectivity index (χ1v) is 7.91. The fourth-order valence-corrected chi connectivity index (χ4v) is 2.51. The Morgan fingerprint density at radius 2 is 1.46 bits per heavy atom. The van der Waals surface area contributed by atoms with E-state index in [1.54, 1.807) is 54.7 Å². The smallest absolute Gasteiger partial charge is 0.274 e. The van der Waals surface area contributed by atoms with Crippen LogP contribution in [0.25, 0.3) is 0 Å². The Hall–Kier alpha value is -2.56. The minimum absolute atomic E-state index is 0.294. The minimum Gasteiger partial charge on any atom is -0.355 e. The highest BCUT2D eigenvalue weighted by atomic mass is 35.5. The number of carbonyl (C=O) groups is 1. The Kier molecular flexibility index (Phi) is 4.99. The predicted octanol–water partition coefficient (Wildman–Crippen LogP) is 5.38. The maximum atomic E-state index is 12.3. The quantitative estimate of drug-likeness (QED) is 0.658. The van der Waals surface area contributed by atoms with Gasteiger partial charge < -0.3 is 10.6 Å². The van der Waals surface area contributed by atoms with E-state index in [4.69, 9.17) is 23.2 Å². The maximum absolute atomic E-state index is 12.3. The van der Waals surface area contributed by atoms with E-state index >= 15 is 0 Å². The van der Waals surface area contributed by atoms with E-state index in [9.17, 15) is 4.79 Å². The van der Waals surface area contributed by atoms with Crippen LogP contribution in [0.15, 0.2) is 66.9 Å². The summed E-state index contributed by atoms with van der Waals surface area (Å²) < 4.78 is 0. The maximum Gasteiger partial charge on any atom is 0.274 e. The standard InChI is InChI=1S/C18H13Cl2N3O/c19-12-3-1-5-14(9-12)22-16-7-8-21-17(11-16)18(24)23-15-6-2-4-13(20)10-15/h1-11H,(H,21,22)(H,23,24). The van der Waals surface area contributed by atoms with E-state index in [-0.39, 0.29) is 5.91 Å². The molecule has 0 aliphatic heterocycles. The zero-order chi connectivity index (χ0) is 16.9. The number of rotatable bonds is 4. The highest BCUT2D eigenvalue weighted by Gasteiger charge is 2.09. The molecular weight excluding hydrogens is 345 g/mol. The molecule has 24 heavy (non-hydrogen) atoms. The first-order valence-electron chi connectivity index (χ1n) is 7.16. The van der Waals surface area contributed by atoms with E-state index in [2.05, 4.69) is 15.6 Å². The highest BCUT2D eigenvalue weighted by molar-refractivity contribution is 6.31. The summed E-state index contributed by atoms with van der Waals surface area (Å²) in [5.41, 5.74) is 2.47. The number of nitrogens with one attached hydrogen (secondary N) is 2. The average Bonchev–Trinajstić information content (AvgIpc) is 2.55. The summed E-state index contributed by atoms with van der Waals surface area (Å²) in [5, 5.41) is 7.14. The SMILES string of the molecule is O=C(Nc1cccc(Cl)c1)c1cc(Nc2cccc(Cl)c2)ccn1. The number of aromatic nitrogens is 1. The number of hydrogen-bond acceptors (Lipinski definition) is 3. The van der Waals surface area contributed by atoms with Crippen LogP contribution in [0.5, 0.6) is 0 Å². The van der Waals surface area contributed by atoms with E-state index in [0.717, 1.165) is 11.4 Å². The number of hydrogen-bond donors (Lipinski definition) is 2. The van der Waals surface area contributed by atoms with Crippen LogP contribution in [0.4, 0.5) is 17.1 Å².